The van der Waals surface area contributed by atoms with Gasteiger partial charge < -0.3 is 5.32 Å². The van der Waals surface area contributed by atoms with E-state index in [1.54, 1.807) is 0 Å². The predicted molar refractivity (Wildman–Crippen MR) is 97.9 cm³/mol. The number of hydrogen-bond donors (Lipinski definition) is 2. The molecular weight excluding hydrogens is 358 g/mol. The largest absolute Gasteiger partial charge is 0.349 e. The molecule has 1 aromatic carbocycles. The fourth-order valence-corrected chi connectivity index (χ4v) is 4.52. The first kappa shape index (κ1) is 18.1. The van der Waals surface area contributed by atoms with Crippen molar-refractivity contribution in [3.63, 3.8) is 0 Å². The van der Waals surface area contributed by atoms with Gasteiger partial charge in [-0.3, -0.25) is 9.69 Å². The molecule has 2 aromatic rings. The predicted octanol–water partition coefficient (Wildman–Crippen LogP) is 1.79. The van der Waals surface area contributed by atoms with Gasteiger partial charge in [-0.2, -0.15) is 0 Å². The minimum absolute atomic E-state index is 0.00957. The molecule has 0 unspecified atom stereocenters. The fraction of sp³-hybridized carbons (Fsp3) is 0.353. The molecule has 8 heteroatoms. The molecule has 134 valence electrons. The highest BCUT2D eigenvalue weighted by molar-refractivity contribution is 7.91. The average Bonchev–Trinajstić information content (AvgIpc) is 3.08. The number of rotatable bonds is 5. The van der Waals surface area contributed by atoms with E-state index in [4.69, 9.17) is 5.14 Å². The first-order valence-electron chi connectivity index (χ1n) is 8.10. The highest BCUT2D eigenvalue weighted by atomic mass is 32.2. The van der Waals surface area contributed by atoms with E-state index in [1.807, 2.05) is 18.2 Å². The lowest BCUT2D eigenvalue weighted by Gasteiger charge is -2.32. The van der Waals surface area contributed by atoms with Crippen LogP contribution < -0.4 is 10.5 Å². The number of nitrogens with zero attached hydrogens (tertiary/aromatic N) is 1. The molecular formula is C17H21N3O3S2. The van der Waals surface area contributed by atoms with E-state index in [1.165, 1.54) is 17.0 Å². The average molecular weight is 380 g/mol. The molecule has 3 N–H and O–H groups in total. The van der Waals surface area contributed by atoms with Gasteiger partial charge in [0.2, 0.25) is 10.0 Å². The molecule has 0 saturated carbocycles. The third kappa shape index (κ3) is 4.88. The topological polar surface area (TPSA) is 92.5 Å². The summed E-state index contributed by atoms with van der Waals surface area (Å²) in [7, 11) is -3.75. The molecule has 1 amide bonds. The highest BCUT2D eigenvalue weighted by Crippen LogP contribution is 2.20. The van der Waals surface area contributed by atoms with Crippen molar-refractivity contribution in [3.8, 4) is 0 Å². The fourth-order valence-electron chi connectivity index (χ4n) is 2.93. The van der Waals surface area contributed by atoms with E-state index >= 15 is 0 Å². The molecule has 6 nitrogen and oxygen atoms in total. The summed E-state index contributed by atoms with van der Waals surface area (Å²) in [5, 5.41) is 9.60. The number of piperidine rings is 1. The van der Waals surface area contributed by atoms with Crippen molar-refractivity contribution in [1.29, 1.82) is 0 Å². The smallest absolute Gasteiger partial charge is 0.252 e. The number of sulfonamides is 1. The molecule has 0 bridgehead atoms. The van der Waals surface area contributed by atoms with Crippen LogP contribution in [0.4, 0.5) is 0 Å². The molecule has 0 radical (unpaired) electrons. The van der Waals surface area contributed by atoms with Crippen LogP contribution in [0.3, 0.4) is 0 Å². The summed E-state index contributed by atoms with van der Waals surface area (Å²) in [5.41, 5.74) is 1.64. The number of thiophene rings is 1. The van der Waals surface area contributed by atoms with Crippen LogP contribution in [0.25, 0.3) is 0 Å². The van der Waals surface area contributed by atoms with E-state index < -0.39 is 10.0 Å². The Hall–Kier alpha value is -1.74. The zero-order valence-electron chi connectivity index (χ0n) is 13.7. The van der Waals surface area contributed by atoms with Gasteiger partial charge in [-0.05, 0) is 24.5 Å². The minimum Gasteiger partial charge on any atom is -0.349 e. The van der Waals surface area contributed by atoms with E-state index in [9.17, 15) is 13.2 Å². The second kappa shape index (κ2) is 7.65. The van der Waals surface area contributed by atoms with Crippen LogP contribution in [-0.4, -0.2) is 38.4 Å². The monoisotopic (exact) mass is 379 g/mol. The van der Waals surface area contributed by atoms with Crippen molar-refractivity contribution in [2.45, 2.75) is 29.6 Å². The summed E-state index contributed by atoms with van der Waals surface area (Å²) >= 11 is 0.966. The van der Waals surface area contributed by atoms with Crippen molar-refractivity contribution in [2.75, 3.05) is 13.1 Å². The lowest BCUT2D eigenvalue weighted by Crippen LogP contribution is -2.44. The van der Waals surface area contributed by atoms with Gasteiger partial charge in [-0.25, -0.2) is 13.6 Å². The quantitative estimate of drug-likeness (QED) is 0.828. The maximum Gasteiger partial charge on any atom is 0.252 e. The molecule has 0 aliphatic carbocycles. The van der Waals surface area contributed by atoms with Gasteiger partial charge in [-0.15, -0.1) is 11.3 Å². The van der Waals surface area contributed by atoms with Crippen LogP contribution in [0.5, 0.6) is 0 Å². The number of likely N-dealkylation sites (tertiary alicyclic amines) is 1. The molecule has 1 aliphatic rings. The number of nitrogens with two attached hydrogens (primary N) is 1. The summed E-state index contributed by atoms with van der Waals surface area (Å²) in [6.45, 7) is 2.77. The van der Waals surface area contributed by atoms with Gasteiger partial charge in [0.1, 0.15) is 4.21 Å². The Morgan fingerprint density at radius 1 is 1.24 bits per heavy atom. The lowest BCUT2D eigenvalue weighted by atomic mass is 10.0. The molecule has 2 heterocycles. The SMILES string of the molecule is NS(=O)(=O)c1cc(C(=O)NC2CCN(Cc3ccccc3)CC2)cs1. The minimum atomic E-state index is -3.75. The maximum absolute atomic E-state index is 12.3. The van der Waals surface area contributed by atoms with E-state index in [0.717, 1.165) is 43.8 Å². The van der Waals surface area contributed by atoms with Crippen molar-refractivity contribution >= 4 is 27.3 Å². The van der Waals surface area contributed by atoms with Crippen LogP contribution in [-0.2, 0) is 16.6 Å². The molecule has 1 fully saturated rings. The number of hydrogen-bond acceptors (Lipinski definition) is 5. The van der Waals surface area contributed by atoms with Gasteiger partial charge in [0, 0.05) is 31.1 Å². The highest BCUT2D eigenvalue weighted by Gasteiger charge is 2.22. The molecule has 1 aromatic heterocycles. The number of benzene rings is 1. The number of primary sulfonamides is 1. The number of carbonyl (C=O) groups is 1. The number of amides is 1. The van der Waals surface area contributed by atoms with Gasteiger partial charge in [0.05, 0.1) is 5.56 Å². The summed E-state index contributed by atoms with van der Waals surface area (Å²) in [5.74, 6) is -0.243. The second-order valence-corrected chi connectivity index (χ2v) is 8.91. The van der Waals surface area contributed by atoms with Crippen molar-refractivity contribution < 1.29 is 13.2 Å². The Morgan fingerprint density at radius 2 is 1.92 bits per heavy atom. The Morgan fingerprint density at radius 3 is 2.52 bits per heavy atom. The van der Waals surface area contributed by atoms with Crippen molar-refractivity contribution in [2.24, 2.45) is 5.14 Å². The zero-order valence-corrected chi connectivity index (χ0v) is 15.4. The Balaban J connectivity index is 1.50. The van der Waals surface area contributed by atoms with Gasteiger partial charge in [0.25, 0.3) is 5.91 Å². The Kier molecular flexibility index (Phi) is 5.53. The lowest BCUT2D eigenvalue weighted by molar-refractivity contribution is 0.0909. The van der Waals surface area contributed by atoms with E-state index in [0.29, 0.717) is 5.56 Å². The molecule has 0 spiro atoms. The standard InChI is InChI=1S/C17H21N3O3S2/c18-25(22,23)16-10-14(12-24-16)17(21)19-15-6-8-20(9-7-15)11-13-4-2-1-3-5-13/h1-5,10,12,15H,6-9,11H2,(H,19,21)(H2,18,22,23). The van der Waals surface area contributed by atoms with Crippen LogP contribution in [0.1, 0.15) is 28.8 Å². The molecule has 3 rings (SSSR count). The normalized spacial score (nSPS) is 16.7. The molecule has 1 aliphatic heterocycles. The zero-order chi connectivity index (χ0) is 17.9. The summed E-state index contributed by atoms with van der Waals surface area (Å²) in [6.07, 6.45) is 1.76. The first-order valence-corrected chi connectivity index (χ1v) is 10.5. The Bertz CT molecular complexity index is 826. The summed E-state index contributed by atoms with van der Waals surface area (Å²) < 4.78 is 22.6. The summed E-state index contributed by atoms with van der Waals surface area (Å²) in [4.78, 5) is 14.6. The number of nitrogens with one attached hydrogen (secondary N) is 1. The van der Waals surface area contributed by atoms with Crippen molar-refractivity contribution in [3.05, 3.63) is 52.9 Å². The first-order chi connectivity index (χ1) is 11.9. The molecule has 0 atom stereocenters. The maximum atomic E-state index is 12.3. The van der Waals surface area contributed by atoms with E-state index in [2.05, 4.69) is 22.3 Å². The van der Waals surface area contributed by atoms with Gasteiger partial charge >= 0.3 is 0 Å². The van der Waals surface area contributed by atoms with Crippen LogP contribution in [0.15, 0.2) is 46.0 Å². The Labute approximate surface area is 151 Å². The second-order valence-electron chi connectivity index (χ2n) is 6.21. The van der Waals surface area contributed by atoms with Gasteiger partial charge in [0.15, 0.2) is 0 Å². The van der Waals surface area contributed by atoms with Crippen molar-refractivity contribution in [1.82, 2.24) is 10.2 Å². The van der Waals surface area contributed by atoms with Crippen LogP contribution in [0.2, 0.25) is 0 Å². The van der Waals surface area contributed by atoms with Gasteiger partial charge in [-0.1, -0.05) is 30.3 Å². The number of carbonyl (C=O) groups excluding carboxylic acids is 1. The van der Waals surface area contributed by atoms with Crippen LogP contribution >= 0.6 is 11.3 Å². The van der Waals surface area contributed by atoms with Crippen LogP contribution in [0, 0.1) is 0 Å². The van der Waals surface area contributed by atoms with E-state index in [-0.39, 0.29) is 16.2 Å². The third-order valence-corrected chi connectivity index (χ3v) is 6.68. The molecule has 1 saturated heterocycles. The summed E-state index contributed by atoms with van der Waals surface area (Å²) in [6, 6.07) is 11.8. The third-order valence-electron chi connectivity index (χ3n) is 4.29. The molecule has 25 heavy (non-hydrogen) atoms.